The topological polar surface area (TPSA) is 83.4 Å². The van der Waals surface area contributed by atoms with Crippen molar-refractivity contribution in [2.75, 3.05) is 19.8 Å². The number of aromatic nitrogens is 1. The highest BCUT2D eigenvalue weighted by Crippen LogP contribution is 2.11. The molecule has 0 saturated carbocycles. The Balaban J connectivity index is 1.80. The molecule has 8 heteroatoms. The molecule has 0 radical (unpaired) electrons. The van der Waals surface area contributed by atoms with Crippen LogP contribution >= 0.6 is 11.3 Å². The van der Waals surface area contributed by atoms with E-state index in [9.17, 15) is 8.42 Å². The van der Waals surface area contributed by atoms with Gasteiger partial charge in [0.05, 0.1) is 9.90 Å². The Morgan fingerprint density at radius 2 is 1.96 bits per heavy atom. The van der Waals surface area contributed by atoms with Gasteiger partial charge in [0.25, 0.3) is 0 Å². The highest BCUT2D eigenvalue weighted by molar-refractivity contribution is 7.90. The maximum atomic E-state index is 11.4. The van der Waals surface area contributed by atoms with Crippen molar-refractivity contribution in [1.29, 1.82) is 0 Å². The predicted molar refractivity (Wildman–Crippen MR) is 98.3 cm³/mol. The van der Waals surface area contributed by atoms with Gasteiger partial charge in [0.2, 0.25) is 0 Å². The van der Waals surface area contributed by atoms with Crippen LogP contribution in [0, 0.1) is 6.92 Å². The van der Waals surface area contributed by atoms with E-state index < -0.39 is 9.84 Å². The molecule has 0 aliphatic heterocycles. The minimum absolute atomic E-state index is 0.326. The zero-order chi connectivity index (χ0) is 17.6. The molecule has 130 valence electrons. The largest absolute Gasteiger partial charge is 0.356 e. The smallest absolute Gasteiger partial charge is 0.191 e. The van der Waals surface area contributed by atoms with Crippen molar-refractivity contribution in [3.05, 3.63) is 45.9 Å². The van der Waals surface area contributed by atoms with Gasteiger partial charge in [-0.25, -0.2) is 13.4 Å². The fourth-order valence-corrected chi connectivity index (χ4v) is 3.48. The second kappa shape index (κ2) is 8.25. The van der Waals surface area contributed by atoms with E-state index in [-0.39, 0.29) is 0 Å². The second-order valence-corrected chi connectivity index (χ2v) is 8.72. The molecular weight excluding hydrogens is 344 g/mol. The number of aliphatic imine (C=N–C) groups is 1. The number of rotatable bonds is 6. The summed E-state index contributed by atoms with van der Waals surface area (Å²) in [6, 6.07) is 6.84. The molecule has 0 aliphatic carbocycles. The molecule has 0 fully saturated rings. The second-order valence-electron chi connectivity index (χ2n) is 5.38. The van der Waals surface area contributed by atoms with Gasteiger partial charge in [0, 0.05) is 43.9 Å². The van der Waals surface area contributed by atoms with Crippen LogP contribution in [0.4, 0.5) is 0 Å². The van der Waals surface area contributed by atoms with Gasteiger partial charge >= 0.3 is 0 Å². The van der Waals surface area contributed by atoms with Crippen LogP contribution in [-0.4, -0.2) is 39.2 Å². The van der Waals surface area contributed by atoms with Crippen LogP contribution in [0.25, 0.3) is 0 Å². The van der Waals surface area contributed by atoms with Crippen molar-refractivity contribution in [1.82, 2.24) is 15.6 Å². The van der Waals surface area contributed by atoms with E-state index in [1.54, 1.807) is 42.6 Å². The molecule has 0 atom stereocenters. The molecular formula is C16H22N4O2S2. The quantitative estimate of drug-likeness (QED) is 0.601. The lowest BCUT2D eigenvalue weighted by atomic mass is 10.2. The summed E-state index contributed by atoms with van der Waals surface area (Å²) < 4.78 is 22.9. The molecule has 1 heterocycles. The van der Waals surface area contributed by atoms with E-state index in [1.807, 2.05) is 13.1 Å². The molecule has 0 unspecified atom stereocenters. The summed E-state index contributed by atoms with van der Waals surface area (Å²) in [4.78, 5) is 10.0. The Labute approximate surface area is 147 Å². The van der Waals surface area contributed by atoms with Gasteiger partial charge in [0.15, 0.2) is 15.8 Å². The van der Waals surface area contributed by atoms with E-state index in [1.165, 1.54) is 11.1 Å². The Morgan fingerprint density at radius 3 is 2.50 bits per heavy atom. The van der Waals surface area contributed by atoms with Gasteiger partial charge in [-0.2, -0.15) is 0 Å². The molecule has 2 N–H and O–H groups in total. The summed E-state index contributed by atoms with van der Waals surface area (Å²) in [7, 11) is -1.44. The SMILES string of the molecule is CN=C(NCCc1ncc(C)s1)NCc1ccc(S(C)(=O)=O)cc1. The number of benzene rings is 1. The van der Waals surface area contributed by atoms with Crippen molar-refractivity contribution in [2.24, 2.45) is 4.99 Å². The summed E-state index contributed by atoms with van der Waals surface area (Å²) in [5.41, 5.74) is 0.987. The number of hydrogen-bond acceptors (Lipinski definition) is 5. The first-order valence-electron chi connectivity index (χ1n) is 7.53. The molecule has 1 aromatic carbocycles. The van der Waals surface area contributed by atoms with Crippen LogP contribution in [-0.2, 0) is 22.8 Å². The minimum atomic E-state index is -3.15. The predicted octanol–water partition coefficient (Wildman–Crippen LogP) is 1.76. The lowest BCUT2D eigenvalue weighted by Crippen LogP contribution is -2.37. The van der Waals surface area contributed by atoms with Crippen molar-refractivity contribution >= 4 is 27.1 Å². The van der Waals surface area contributed by atoms with Gasteiger partial charge in [-0.1, -0.05) is 12.1 Å². The van der Waals surface area contributed by atoms with Gasteiger partial charge in [-0.3, -0.25) is 4.99 Å². The van der Waals surface area contributed by atoms with E-state index in [2.05, 4.69) is 20.6 Å². The van der Waals surface area contributed by atoms with E-state index in [4.69, 9.17) is 0 Å². The Morgan fingerprint density at radius 1 is 1.25 bits per heavy atom. The van der Waals surface area contributed by atoms with Crippen LogP contribution < -0.4 is 10.6 Å². The first-order chi connectivity index (χ1) is 11.4. The Hall–Kier alpha value is -1.93. The molecule has 2 aromatic rings. The third-order valence-electron chi connectivity index (χ3n) is 3.34. The normalized spacial score (nSPS) is 12.2. The zero-order valence-electron chi connectivity index (χ0n) is 14.0. The van der Waals surface area contributed by atoms with E-state index in [0.717, 1.165) is 23.5 Å². The first-order valence-corrected chi connectivity index (χ1v) is 10.2. The molecule has 1 aromatic heterocycles. The maximum Gasteiger partial charge on any atom is 0.191 e. The van der Waals surface area contributed by atoms with Crippen LogP contribution in [0.15, 0.2) is 40.4 Å². The monoisotopic (exact) mass is 366 g/mol. The summed E-state index contributed by atoms with van der Waals surface area (Å²) >= 11 is 1.70. The van der Waals surface area contributed by atoms with Crippen LogP contribution in [0.5, 0.6) is 0 Å². The minimum Gasteiger partial charge on any atom is -0.356 e. The molecule has 0 aliphatic rings. The average molecular weight is 367 g/mol. The van der Waals surface area contributed by atoms with E-state index >= 15 is 0 Å². The van der Waals surface area contributed by atoms with Crippen LogP contribution in [0.3, 0.4) is 0 Å². The van der Waals surface area contributed by atoms with Crippen molar-refractivity contribution in [2.45, 2.75) is 24.8 Å². The zero-order valence-corrected chi connectivity index (χ0v) is 15.7. The standard InChI is InChI=1S/C16H22N4O2S2/c1-12-10-19-15(23-12)8-9-18-16(17-2)20-11-13-4-6-14(7-5-13)24(3,21)22/h4-7,10H,8-9,11H2,1-3H3,(H2,17,18,20). The molecule has 6 nitrogen and oxygen atoms in total. The summed E-state index contributed by atoms with van der Waals surface area (Å²) in [5.74, 6) is 0.704. The average Bonchev–Trinajstić information content (AvgIpc) is 2.95. The first kappa shape index (κ1) is 18.4. The highest BCUT2D eigenvalue weighted by atomic mass is 32.2. The Kier molecular flexibility index (Phi) is 6.33. The third-order valence-corrected chi connectivity index (χ3v) is 5.44. The number of sulfone groups is 1. The Bertz CT molecular complexity index is 796. The van der Waals surface area contributed by atoms with Crippen LogP contribution in [0.1, 0.15) is 15.4 Å². The maximum absolute atomic E-state index is 11.4. The number of hydrogen-bond donors (Lipinski definition) is 2. The van der Waals surface area contributed by atoms with E-state index in [0.29, 0.717) is 17.4 Å². The molecule has 0 saturated heterocycles. The molecule has 0 spiro atoms. The number of thiazole rings is 1. The number of nitrogens with one attached hydrogen (secondary N) is 2. The number of nitrogens with zero attached hydrogens (tertiary/aromatic N) is 2. The fourth-order valence-electron chi connectivity index (χ4n) is 2.07. The van der Waals surface area contributed by atoms with Gasteiger partial charge in [-0.15, -0.1) is 11.3 Å². The summed E-state index contributed by atoms with van der Waals surface area (Å²) in [6.07, 6.45) is 3.94. The van der Waals surface area contributed by atoms with Crippen molar-refractivity contribution < 1.29 is 8.42 Å². The molecule has 24 heavy (non-hydrogen) atoms. The molecule has 0 bridgehead atoms. The van der Waals surface area contributed by atoms with Gasteiger partial charge in [-0.05, 0) is 24.6 Å². The molecule has 0 amide bonds. The summed E-state index contributed by atoms with van der Waals surface area (Å²) in [6.45, 7) is 3.36. The molecule has 2 rings (SSSR count). The lowest BCUT2D eigenvalue weighted by molar-refractivity contribution is 0.602. The third kappa shape index (κ3) is 5.61. The van der Waals surface area contributed by atoms with Gasteiger partial charge < -0.3 is 10.6 Å². The number of aryl methyl sites for hydroxylation is 1. The van der Waals surface area contributed by atoms with Crippen molar-refractivity contribution in [3.63, 3.8) is 0 Å². The fraction of sp³-hybridized carbons (Fsp3) is 0.375. The van der Waals surface area contributed by atoms with Gasteiger partial charge in [0.1, 0.15) is 0 Å². The number of guanidine groups is 1. The summed E-state index contributed by atoms with van der Waals surface area (Å²) in [5, 5.41) is 7.55. The van der Waals surface area contributed by atoms with Crippen molar-refractivity contribution in [3.8, 4) is 0 Å². The lowest BCUT2D eigenvalue weighted by Gasteiger charge is -2.11. The highest BCUT2D eigenvalue weighted by Gasteiger charge is 2.06. The van der Waals surface area contributed by atoms with Crippen LogP contribution in [0.2, 0.25) is 0 Å².